The maximum atomic E-state index is 9.21. The van der Waals surface area contributed by atoms with E-state index in [-0.39, 0.29) is 5.90 Å². The lowest BCUT2D eigenvalue weighted by atomic mass is 9.88. The monoisotopic (exact) mass is 230 g/mol. The van der Waals surface area contributed by atoms with Crippen molar-refractivity contribution in [3.63, 3.8) is 0 Å². The fraction of sp³-hybridized carbons (Fsp3) is 0.385. The highest BCUT2D eigenvalue weighted by Crippen LogP contribution is 2.55. The van der Waals surface area contributed by atoms with Crippen LogP contribution in [-0.2, 0) is 15.1 Å². The molecule has 1 fully saturated rings. The quantitative estimate of drug-likeness (QED) is 0.480. The second kappa shape index (κ2) is 3.57. The van der Waals surface area contributed by atoms with Gasteiger partial charge in [-0.25, -0.2) is 0 Å². The Balaban J connectivity index is 2.39. The van der Waals surface area contributed by atoms with Crippen LogP contribution in [0.5, 0.6) is 0 Å². The van der Waals surface area contributed by atoms with Crippen LogP contribution in [0.1, 0.15) is 18.1 Å². The average Bonchev–Trinajstić information content (AvgIpc) is 2.97. The Kier molecular flexibility index (Phi) is 2.44. The Hall–Kier alpha value is -1.86. The minimum Gasteiger partial charge on any atom is -0.481 e. The summed E-state index contributed by atoms with van der Waals surface area (Å²) in [5.74, 6) is -0.150. The third kappa shape index (κ3) is 1.43. The zero-order chi connectivity index (χ0) is 12.7. The van der Waals surface area contributed by atoms with Gasteiger partial charge < -0.3 is 9.47 Å². The molecule has 0 aliphatic carbocycles. The second-order valence-electron chi connectivity index (χ2n) is 4.33. The van der Waals surface area contributed by atoms with E-state index in [0.717, 1.165) is 11.1 Å². The first-order valence-corrected chi connectivity index (χ1v) is 5.32. The molecule has 0 aromatic heterocycles. The average molecular weight is 230 g/mol. The van der Waals surface area contributed by atoms with E-state index < -0.39 is 11.2 Å². The predicted octanol–water partition coefficient (Wildman–Crippen LogP) is 2.13. The van der Waals surface area contributed by atoms with E-state index in [1.807, 2.05) is 37.3 Å². The molecule has 0 saturated carbocycles. The molecule has 0 bridgehead atoms. The molecule has 0 amide bonds. The van der Waals surface area contributed by atoms with Gasteiger partial charge in [0.2, 0.25) is 5.90 Å². The SMILES string of the molecule is COC(=N)[C@]1(C#N)O[C@]1(C)c1ccc(C)cc1. The second-order valence-corrected chi connectivity index (χ2v) is 4.33. The molecule has 88 valence electrons. The lowest BCUT2D eigenvalue weighted by Gasteiger charge is -2.11. The molecule has 4 heteroatoms. The van der Waals surface area contributed by atoms with Crippen LogP contribution in [0.3, 0.4) is 0 Å². The van der Waals surface area contributed by atoms with Crippen molar-refractivity contribution < 1.29 is 9.47 Å². The van der Waals surface area contributed by atoms with Crippen LogP contribution in [0.2, 0.25) is 0 Å². The third-order valence-corrected chi connectivity index (χ3v) is 3.27. The number of nitrogens with one attached hydrogen (secondary N) is 1. The van der Waals surface area contributed by atoms with Gasteiger partial charge in [-0.2, -0.15) is 5.26 Å². The van der Waals surface area contributed by atoms with Gasteiger partial charge in [-0.3, -0.25) is 5.41 Å². The minimum atomic E-state index is -1.28. The molecule has 1 heterocycles. The molecule has 0 radical (unpaired) electrons. The van der Waals surface area contributed by atoms with Gasteiger partial charge in [-0.15, -0.1) is 0 Å². The van der Waals surface area contributed by atoms with Crippen LogP contribution in [0.15, 0.2) is 24.3 Å². The summed E-state index contributed by atoms with van der Waals surface area (Å²) in [5.41, 5.74) is -0.0478. The van der Waals surface area contributed by atoms with Crippen LogP contribution in [0, 0.1) is 23.7 Å². The fourth-order valence-corrected chi connectivity index (χ4v) is 2.00. The Morgan fingerprint density at radius 1 is 1.41 bits per heavy atom. The molecule has 1 aliphatic rings. The minimum absolute atomic E-state index is 0.150. The molecule has 1 N–H and O–H groups in total. The van der Waals surface area contributed by atoms with Gasteiger partial charge in [-0.1, -0.05) is 29.8 Å². The number of epoxide rings is 1. The summed E-state index contributed by atoms with van der Waals surface area (Å²) in [6.07, 6.45) is 0. The van der Waals surface area contributed by atoms with E-state index in [9.17, 15) is 5.26 Å². The molecule has 1 aliphatic heterocycles. The summed E-state index contributed by atoms with van der Waals surface area (Å²) in [6, 6.07) is 9.78. The summed E-state index contributed by atoms with van der Waals surface area (Å²) in [6.45, 7) is 3.79. The highest BCUT2D eigenvalue weighted by atomic mass is 16.7. The standard InChI is InChI=1S/C13H14N2O2/c1-9-4-6-10(7-5-9)12(2)13(8-14,17-12)11(15)16-3/h4-7,15H,1-3H3/t12-,13+/m1/s1. The molecule has 2 rings (SSSR count). The van der Waals surface area contributed by atoms with E-state index in [4.69, 9.17) is 14.9 Å². The van der Waals surface area contributed by atoms with Crippen LogP contribution in [-0.4, -0.2) is 18.6 Å². The molecular formula is C13H14N2O2. The zero-order valence-electron chi connectivity index (χ0n) is 10.1. The van der Waals surface area contributed by atoms with E-state index in [1.54, 1.807) is 6.92 Å². The van der Waals surface area contributed by atoms with Crippen molar-refractivity contribution in [2.75, 3.05) is 7.11 Å². The third-order valence-electron chi connectivity index (χ3n) is 3.27. The molecule has 1 saturated heterocycles. The topological polar surface area (TPSA) is 69.4 Å². The molecular weight excluding hydrogens is 216 g/mol. The van der Waals surface area contributed by atoms with Gasteiger partial charge in [-0.05, 0) is 19.4 Å². The fourth-order valence-electron chi connectivity index (χ4n) is 2.00. The van der Waals surface area contributed by atoms with E-state index >= 15 is 0 Å². The number of aryl methyl sites for hydroxylation is 1. The van der Waals surface area contributed by atoms with E-state index in [0.29, 0.717) is 0 Å². The summed E-state index contributed by atoms with van der Waals surface area (Å²) in [7, 11) is 1.37. The van der Waals surface area contributed by atoms with Crippen molar-refractivity contribution in [1.29, 1.82) is 10.7 Å². The van der Waals surface area contributed by atoms with Gasteiger partial charge in [0.15, 0.2) is 0 Å². The lowest BCUT2D eigenvalue weighted by molar-refractivity contribution is 0.292. The number of nitrogens with zero attached hydrogens (tertiary/aromatic N) is 1. The Labute approximate surface area is 100 Å². The highest BCUT2D eigenvalue weighted by molar-refractivity contribution is 5.91. The Morgan fingerprint density at radius 2 is 2.00 bits per heavy atom. The number of rotatable bonds is 2. The number of nitriles is 1. The number of hydrogen-bond donors (Lipinski definition) is 1. The van der Waals surface area contributed by atoms with Crippen molar-refractivity contribution in [3.05, 3.63) is 35.4 Å². The number of benzene rings is 1. The van der Waals surface area contributed by atoms with Gasteiger partial charge in [0.05, 0.1) is 7.11 Å². The molecule has 1 aromatic rings. The molecule has 0 spiro atoms. The van der Waals surface area contributed by atoms with Crippen LogP contribution < -0.4 is 0 Å². The largest absolute Gasteiger partial charge is 0.481 e. The molecule has 1 aromatic carbocycles. The Morgan fingerprint density at radius 3 is 2.47 bits per heavy atom. The Bertz CT molecular complexity index is 503. The highest BCUT2D eigenvalue weighted by Gasteiger charge is 2.73. The number of ether oxygens (including phenoxy) is 2. The van der Waals surface area contributed by atoms with Crippen molar-refractivity contribution in [1.82, 2.24) is 0 Å². The van der Waals surface area contributed by atoms with Gasteiger partial charge in [0.1, 0.15) is 11.7 Å². The summed E-state index contributed by atoms with van der Waals surface area (Å²) in [5, 5.41) is 16.9. The molecule has 0 unspecified atom stereocenters. The van der Waals surface area contributed by atoms with Crippen LogP contribution in [0.25, 0.3) is 0 Å². The lowest BCUT2D eigenvalue weighted by Crippen LogP contribution is -2.30. The predicted molar refractivity (Wildman–Crippen MR) is 62.7 cm³/mol. The van der Waals surface area contributed by atoms with Crippen LogP contribution in [0.4, 0.5) is 0 Å². The first-order chi connectivity index (χ1) is 8.00. The van der Waals surface area contributed by atoms with Crippen molar-refractivity contribution in [3.8, 4) is 6.07 Å². The first kappa shape index (κ1) is 11.6. The van der Waals surface area contributed by atoms with E-state index in [1.165, 1.54) is 7.11 Å². The first-order valence-electron chi connectivity index (χ1n) is 5.32. The number of methoxy groups -OCH3 is 1. The summed E-state index contributed by atoms with van der Waals surface area (Å²) in [4.78, 5) is 0. The number of hydrogen-bond acceptors (Lipinski definition) is 4. The van der Waals surface area contributed by atoms with Gasteiger partial charge in [0, 0.05) is 0 Å². The maximum absolute atomic E-state index is 9.21. The molecule has 2 atom stereocenters. The van der Waals surface area contributed by atoms with Gasteiger partial charge in [0.25, 0.3) is 5.60 Å². The molecule has 17 heavy (non-hydrogen) atoms. The maximum Gasteiger partial charge on any atom is 0.263 e. The normalized spacial score (nSPS) is 30.5. The van der Waals surface area contributed by atoms with Crippen molar-refractivity contribution >= 4 is 5.90 Å². The zero-order valence-corrected chi connectivity index (χ0v) is 10.1. The summed E-state index contributed by atoms with van der Waals surface area (Å²) >= 11 is 0. The van der Waals surface area contributed by atoms with Crippen LogP contribution >= 0.6 is 0 Å². The molecule has 4 nitrogen and oxygen atoms in total. The summed E-state index contributed by atoms with van der Waals surface area (Å²) < 4.78 is 10.4. The van der Waals surface area contributed by atoms with Gasteiger partial charge >= 0.3 is 0 Å². The van der Waals surface area contributed by atoms with Crippen molar-refractivity contribution in [2.45, 2.75) is 25.0 Å². The smallest absolute Gasteiger partial charge is 0.263 e. The van der Waals surface area contributed by atoms with E-state index in [2.05, 4.69) is 0 Å². The van der Waals surface area contributed by atoms with Crippen molar-refractivity contribution in [2.24, 2.45) is 0 Å².